The van der Waals surface area contributed by atoms with Crippen LogP contribution >= 0.6 is 0 Å². The third-order valence-corrected chi connectivity index (χ3v) is 3.31. The van der Waals surface area contributed by atoms with Crippen molar-refractivity contribution in [1.82, 2.24) is 5.32 Å². The lowest BCUT2D eigenvalue weighted by molar-refractivity contribution is -0.144. The Kier molecular flexibility index (Phi) is 6.54. The number of nitrogens with one attached hydrogen (secondary N) is 1. The fraction of sp³-hybridized carbons (Fsp3) is 0.263. The Hall–Kier alpha value is -3.09. The first kappa shape index (κ1) is 19.2. The van der Waals surface area contributed by atoms with E-state index in [0.29, 0.717) is 11.3 Å². The number of aliphatic carboxylic acids is 1. The summed E-state index contributed by atoms with van der Waals surface area (Å²) in [5.41, 5.74) is 0.298. The fourth-order valence-corrected chi connectivity index (χ4v) is 2.15. The van der Waals surface area contributed by atoms with E-state index in [4.69, 9.17) is 9.47 Å². The van der Waals surface area contributed by atoms with Gasteiger partial charge in [0, 0.05) is 0 Å². The SMILES string of the molecule is CC(C)Oc1ccccc1C(=O)NCC(Oc1ccc(F)cc1)C(=O)O. The first-order chi connectivity index (χ1) is 12.4. The van der Waals surface area contributed by atoms with Crippen LogP contribution in [0.3, 0.4) is 0 Å². The van der Waals surface area contributed by atoms with Gasteiger partial charge in [-0.3, -0.25) is 4.79 Å². The number of rotatable bonds is 8. The molecule has 0 fully saturated rings. The minimum absolute atomic E-state index is 0.113. The number of carboxylic acid groups (broad SMARTS) is 1. The topological polar surface area (TPSA) is 84.9 Å². The third kappa shape index (κ3) is 5.47. The summed E-state index contributed by atoms with van der Waals surface area (Å²) >= 11 is 0. The quantitative estimate of drug-likeness (QED) is 0.755. The van der Waals surface area contributed by atoms with Crippen LogP contribution < -0.4 is 14.8 Å². The van der Waals surface area contributed by atoms with Crippen LogP contribution in [-0.2, 0) is 4.79 Å². The minimum atomic E-state index is -1.32. The van der Waals surface area contributed by atoms with Crippen molar-refractivity contribution in [3.05, 3.63) is 59.9 Å². The van der Waals surface area contributed by atoms with Crippen LogP contribution in [0.25, 0.3) is 0 Å². The summed E-state index contributed by atoms with van der Waals surface area (Å²) in [6, 6.07) is 11.6. The second-order valence-electron chi connectivity index (χ2n) is 5.77. The summed E-state index contributed by atoms with van der Waals surface area (Å²) < 4.78 is 23.8. The molecule has 1 unspecified atom stereocenters. The molecule has 26 heavy (non-hydrogen) atoms. The van der Waals surface area contributed by atoms with Crippen molar-refractivity contribution >= 4 is 11.9 Å². The maximum Gasteiger partial charge on any atom is 0.346 e. The number of halogens is 1. The summed E-state index contributed by atoms with van der Waals surface area (Å²) in [4.78, 5) is 23.7. The van der Waals surface area contributed by atoms with Crippen LogP contribution in [0.15, 0.2) is 48.5 Å². The molecule has 6 nitrogen and oxygen atoms in total. The molecular formula is C19H20FNO5. The Bertz CT molecular complexity index is 761. The number of carbonyl (C=O) groups excluding carboxylic acids is 1. The Morgan fingerprint density at radius 2 is 1.73 bits per heavy atom. The molecule has 1 amide bonds. The van der Waals surface area contributed by atoms with Gasteiger partial charge in [0.1, 0.15) is 17.3 Å². The number of benzene rings is 2. The van der Waals surface area contributed by atoms with Crippen molar-refractivity contribution in [2.75, 3.05) is 6.54 Å². The molecular weight excluding hydrogens is 341 g/mol. The van der Waals surface area contributed by atoms with Crippen LogP contribution in [0.5, 0.6) is 11.5 Å². The molecule has 0 spiro atoms. The Labute approximate surface area is 150 Å². The van der Waals surface area contributed by atoms with E-state index in [1.165, 1.54) is 12.1 Å². The monoisotopic (exact) mass is 361 g/mol. The maximum absolute atomic E-state index is 12.9. The Balaban J connectivity index is 2.03. The number of carbonyl (C=O) groups is 2. The molecule has 0 radical (unpaired) electrons. The van der Waals surface area contributed by atoms with E-state index in [-0.39, 0.29) is 18.4 Å². The van der Waals surface area contributed by atoms with Crippen LogP contribution in [0, 0.1) is 5.82 Å². The summed E-state index contributed by atoms with van der Waals surface area (Å²) in [6.07, 6.45) is -1.43. The number of ether oxygens (including phenoxy) is 2. The second kappa shape index (κ2) is 8.84. The molecule has 0 aliphatic rings. The van der Waals surface area contributed by atoms with Crippen molar-refractivity contribution in [3.8, 4) is 11.5 Å². The van der Waals surface area contributed by atoms with Crippen molar-refractivity contribution in [2.45, 2.75) is 26.1 Å². The highest BCUT2D eigenvalue weighted by molar-refractivity contribution is 5.97. The van der Waals surface area contributed by atoms with Gasteiger partial charge in [0.2, 0.25) is 6.10 Å². The normalized spacial score (nSPS) is 11.7. The molecule has 138 valence electrons. The van der Waals surface area contributed by atoms with E-state index >= 15 is 0 Å². The van der Waals surface area contributed by atoms with Crippen LogP contribution in [-0.4, -0.2) is 35.7 Å². The van der Waals surface area contributed by atoms with E-state index in [0.717, 1.165) is 12.1 Å². The van der Waals surface area contributed by atoms with Crippen molar-refractivity contribution in [3.63, 3.8) is 0 Å². The molecule has 0 heterocycles. The van der Waals surface area contributed by atoms with Gasteiger partial charge < -0.3 is 19.9 Å². The zero-order valence-corrected chi connectivity index (χ0v) is 14.4. The second-order valence-corrected chi connectivity index (χ2v) is 5.77. The summed E-state index contributed by atoms with van der Waals surface area (Å²) in [5, 5.41) is 11.8. The van der Waals surface area contributed by atoms with Crippen molar-refractivity contribution in [2.24, 2.45) is 0 Å². The Morgan fingerprint density at radius 3 is 2.35 bits per heavy atom. The predicted molar refractivity (Wildman–Crippen MR) is 93.0 cm³/mol. The number of amides is 1. The molecule has 2 N–H and O–H groups in total. The highest BCUT2D eigenvalue weighted by Crippen LogP contribution is 2.19. The van der Waals surface area contributed by atoms with E-state index in [9.17, 15) is 19.1 Å². The van der Waals surface area contributed by atoms with Crippen LogP contribution in [0.1, 0.15) is 24.2 Å². The van der Waals surface area contributed by atoms with Gasteiger partial charge >= 0.3 is 5.97 Å². The lowest BCUT2D eigenvalue weighted by Crippen LogP contribution is -2.40. The molecule has 0 aliphatic carbocycles. The van der Waals surface area contributed by atoms with Crippen LogP contribution in [0.2, 0.25) is 0 Å². The minimum Gasteiger partial charge on any atom is -0.490 e. The Morgan fingerprint density at radius 1 is 1.08 bits per heavy atom. The van der Waals surface area contributed by atoms with Gasteiger partial charge in [0.25, 0.3) is 5.91 Å². The first-order valence-corrected chi connectivity index (χ1v) is 8.05. The molecule has 2 aromatic rings. The van der Waals surface area contributed by atoms with E-state index < -0.39 is 23.8 Å². The van der Waals surface area contributed by atoms with Gasteiger partial charge in [0.15, 0.2) is 0 Å². The van der Waals surface area contributed by atoms with Crippen LogP contribution in [0.4, 0.5) is 4.39 Å². The predicted octanol–water partition coefficient (Wildman–Crippen LogP) is 2.87. The van der Waals surface area contributed by atoms with Crippen molar-refractivity contribution < 1.29 is 28.6 Å². The lowest BCUT2D eigenvalue weighted by Gasteiger charge is -2.17. The van der Waals surface area contributed by atoms with Crippen molar-refractivity contribution in [1.29, 1.82) is 0 Å². The smallest absolute Gasteiger partial charge is 0.346 e. The van der Waals surface area contributed by atoms with E-state index in [2.05, 4.69) is 5.32 Å². The molecule has 7 heteroatoms. The largest absolute Gasteiger partial charge is 0.490 e. The molecule has 0 bridgehead atoms. The molecule has 2 rings (SSSR count). The average Bonchev–Trinajstić information content (AvgIpc) is 2.59. The van der Waals surface area contributed by atoms with Gasteiger partial charge in [-0.2, -0.15) is 0 Å². The van der Waals surface area contributed by atoms with E-state index in [1.807, 2.05) is 13.8 Å². The highest BCUT2D eigenvalue weighted by atomic mass is 19.1. The van der Waals surface area contributed by atoms with Gasteiger partial charge in [-0.05, 0) is 50.2 Å². The first-order valence-electron chi connectivity index (χ1n) is 8.05. The standard InChI is InChI=1S/C19H20FNO5/c1-12(2)25-16-6-4-3-5-15(16)18(22)21-11-17(19(23)24)26-14-9-7-13(20)8-10-14/h3-10,12,17H,11H2,1-2H3,(H,21,22)(H,23,24). The zero-order chi connectivity index (χ0) is 19.1. The van der Waals surface area contributed by atoms with Gasteiger partial charge in [-0.15, -0.1) is 0 Å². The third-order valence-electron chi connectivity index (χ3n) is 3.31. The molecule has 0 aromatic heterocycles. The number of hydrogen-bond donors (Lipinski definition) is 2. The maximum atomic E-state index is 12.9. The number of carboxylic acids is 1. The zero-order valence-electron chi connectivity index (χ0n) is 14.4. The summed E-state index contributed by atoms with van der Waals surface area (Å²) in [5.74, 6) is -1.58. The molecule has 1 atom stereocenters. The average molecular weight is 361 g/mol. The fourth-order valence-electron chi connectivity index (χ4n) is 2.15. The number of hydrogen-bond acceptors (Lipinski definition) is 4. The molecule has 2 aromatic carbocycles. The summed E-state index contributed by atoms with van der Waals surface area (Å²) in [6.45, 7) is 3.42. The molecule has 0 saturated carbocycles. The van der Waals surface area contributed by atoms with Gasteiger partial charge in [-0.1, -0.05) is 12.1 Å². The highest BCUT2D eigenvalue weighted by Gasteiger charge is 2.22. The van der Waals surface area contributed by atoms with Gasteiger partial charge in [-0.25, -0.2) is 9.18 Å². The molecule has 0 saturated heterocycles. The number of para-hydroxylation sites is 1. The van der Waals surface area contributed by atoms with E-state index in [1.54, 1.807) is 24.3 Å². The summed E-state index contributed by atoms with van der Waals surface area (Å²) in [7, 11) is 0. The molecule has 0 aliphatic heterocycles. The van der Waals surface area contributed by atoms with Gasteiger partial charge in [0.05, 0.1) is 18.2 Å². The lowest BCUT2D eigenvalue weighted by atomic mass is 10.2.